The van der Waals surface area contributed by atoms with E-state index in [1.54, 1.807) is 0 Å². The van der Waals surface area contributed by atoms with Crippen molar-refractivity contribution in [1.29, 1.82) is 0 Å². The van der Waals surface area contributed by atoms with Crippen LogP contribution in [0.4, 0.5) is 0 Å². The molecule has 1 heterocycles. The minimum absolute atomic E-state index is 0.187. The van der Waals surface area contributed by atoms with Gasteiger partial charge in [0.15, 0.2) is 9.84 Å². The summed E-state index contributed by atoms with van der Waals surface area (Å²) in [5.74, 6) is 0. The molecule has 0 aliphatic carbocycles. The number of sulfone groups is 1. The van der Waals surface area contributed by atoms with E-state index < -0.39 is 9.84 Å². The number of hydrogen-bond donors (Lipinski definition) is 0. The summed E-state index contributed by atoms with van der Waals surface area (Å²) in [5, 5.41) is 0. The Morgan fingerprint density at radius 3 is 2.45 bits per heavy atom. The molecule has 1 aromatic rings. The molecule has 0 spiro atoms. The summed E-state index contributed by atoms with van der Waals surface area (Å²) in [6.45, 7) is 0. The molecule has 11 heavy (non-hydrogen) atoms. The molecule has 0 unspecified atom stereocenters. The van der Waals surface area contributed by atoms with E-state index in [1.807, 2.05) is 0 Å². The minimum atomic E-state index is -3.14. The molecule has 0 saturated heterocycles. The molecule has 1 aromatic heterocycles. The van der Waals surface area contributed by atoms with Crippen molar-refractivity contribution in [3.05, 3.63) is 18.3 Å². The van der Waals surface area contributed by atoms with Gasteiger partial charge in [0.2, 0.25) is 0 Å². The van der Waals surface area contributed by atoms with Crippen molar-refractivity contribution in [3.8, 4) is 0 Å². The lowest BCUT2D eigenvalue weighted by atomic mass is 10.1. The topological polar surface area (TPSA) is 47.0 Å². The van der Waals surface area contributed by atoms with Crippen molar-refractivity contribution in [2.75, 3.05) is 6.26 Å². The van der Waals surface area contributed by atoms with Crippen LogP contribution in [0.1, 0.15) is 0 Å². The first-order valence-corrected chi connectivity index (χ1v) is 4.81. The van der Waals surface area contributed by atoms with E-state index in [-0.39, 0.29) is 4.90 Å². The standard InChI is InChI=1S/C6H6BNO2S/c1-11(9,10)5-2-3-6(7)8-4-5/h2-4H,1H3. The molecular weight excluding hydrogens is 161 g/mol. The van der Waals surface area contributed by atoms with Crippen LogP contribution in [0.5, 0.6) is 0 Å². The van der Waals surface area contributed by atoms with Crippen molar-refractivity contribution < 1.29 is 8.42 Å². The van der Waals surface area contributed by atoms with E-state index in [2.05, 4.69) is 4.98 Å². The van der Waals surface area contributed by atoms with Crippen LogP contribution in [0, 0.1) is 0 Å². The van der Waals surface area contributed by atoms with Gasteiger partial charge in [-0.15, -0.1) is 0 Å². The number of hydrogen-bond acceptors (Lipinski definition) is 3. The maximum atomic E-state index is 10.9. The van der Waals surface area contributed by atoms with Gasteiger partial charge in [0.25, 0.3) is 0 Å². The predicted octanol–water partition coefficient (Wildman–Crippen LogP) is -0.721. The zero-order chi connectivity index (χ0) is 8.48. The van der Waals surface area contributed by atoms with Gasteiger partial charge < -0.3 is 0 Å². The molecule has 0 bridgehead atoms. The Balaban J connectivity index is 3.20. The fourth-order valence-electron chi connectivity index (χ4n) is 0.611. The van der Waals surface area contributed by atoms with E-state index in [0.29, 0.717) is 5.59 Å². The smallest absolute Gasteiger partial charge is 0.177 e. The van der Waals surface area contributed by atoms with Crippen molar-refractivity contribution in [2.45, 2.75) is 4.90 Å². The molecule has 56 valence electrons. The number of rotatable bonds is 1. The van der Waals surface area contributed by atoms with E-state index >= 15 is 0 Å². The molecule has 0 saturated carbocycles. The van der Waals surface area contributed by atoms with Crippen LogP contribution in [-0.2, 0) is 9.84 Å². The Kier molecular flexibility index (Phi) is 2.00. The highest BCUT2D eigenvalue weighted by molar-refractivity contribution is 7.90. The van der Waals surface area contributed by atoms with Gasteiger partial charge in [-0.3, -0.25) is 4.98 Å². The SMILES string of the molecule is [B]c1ccc(S(C)(=O)=O)cn1. The third-order valence-corrected chi connectivity index (χ3v) is 2.29. The molecule has 3 nitrogen and oxygen atoms in total. The summed E-state index contributed by atoms with van der Waals surface area (Å²) in [5.41, 5.74) is 0.317. The lowest BCUT2D eigenvalue weighted by molar-refractivity contribution is 0.601. The van der Waals surface area contributed by atoms with Gasteiger partial charge >= 0.3 is 0 Å². The van der Waals surface area contributed by atoms with Crippen molar-refractivity contribution >= 4 is 23.3 Å². The van der Waals surface area contributed by atoms with Gasteiger partial charge in [-0.1, -0.05) is 6.07 Å². The van der Waals surface area contributed by atoms with Gasteiger partial charge in [-0.25, -0.2) is 8.42 Å². The molecule has 0 amide bonds. The van der Waals surface area contributed by atoms with Gasteiger partial charge in [-0.2, -0.15) is 0 Å². The monoisotopic (exact) mass is 167 g/mol. The fourth-order valence-corrected chi connectivity index (χ4v) is 1.17. The first-order valence-electron chi connectivity index (χ1n) is 2.92. The number of nitrogens with zero attached hydrogens (tertiary/aromatic N) is 1. The molecule has 2 radical (unpaired) electrons. The lowest BCUT2D eigenvalue weighted by Crippen LogP contribution is -2.08. The van der Waals surface area contributed by atoms with Gasteiger partial charge in [-0.05, 0) is 11.7 Å². The van der Waals surface area contributed by atoms with Gasteiger partial charge in [0, 0.05) is 12.5 Å². The average Bonchev–Trinajstić information content (AvgIpc) is 1.86. The van der Waals surface area contributed by atoms with Crippen LogP contribution < -0.4 is 5.59 Å². The fraction of sp³-hybridized carbons (Fsp3) is 0.167. The second-order valence-electron chi connectivity index (χ2n) is 2.19. The van der Waals surface area contributed by atoms with Crippen LogP contribution in [0.3, 0.4) is 0 Å². The lowest BCUT2D eigenvalue weighted by Gasteiger charge is -1.96. The van der Waals surface area contributed by atoms with Crippen LogP contribution >= 0.6 is 0 Å². The maximum absolute atomic E-state index is 10.9. The van der Waals surface area contributed by atoms with Crippen molar-refractivity contribution in [1.82, 2.24) is 4.98 Å². The third-order valence-electron chi connectivity index (χ3n) is 1.19. The second kappa shape index (κ2) is 2.66. The first kappa shape index (κ1) is 8.26. The molecule has 0 fully saturated rings. The van der Waals surface area contributed by atoms with Crippen LogP contribution in [0.15, 0.2) is 23.2 Å². The van der Waals surface area contributed by atoms with Gasteiger partial charge in [0.05, 0.1) is 4.90 Å². The zero-order valence-electron chi connectivity index (χ0n) is 5.98. The Hall–Kier alpha value is -0.835. The van der Waals surface area contributed by atoms with E-state index in [9.17, 15) is 8.42 Å². The second-order valence-corrected chi connectivity index (χ2v) is 4.21. The largest absolute Gasteiger partial charge is 0.272 e. The Labute approximate surface area is 66.8 Å². The Morgan fingerprint density at radius 1 is 1.45 bits per heavy atom. The highest BCUT2D eigenvalue weighted by Gasteiger charge is 2.05. The third kappa shape index (κ3) is 2.05. The molecule has 1 rings (SSSR count). The molecule has 0 N–H and O–H groups in total. The molecular formula is C6H6BNO2S. The summed E-state index contributed by atoms with van der Waals surface area (Å²) in [6, 6.07) is 2.88. The summed E-state index contributed by atoms with van der Waals surface area (Å²) in [6.07, 6.45) is 2.37. The molecule has 0 aliphatic rings. The number of pyridine rings is 1. The van der Waals surface area contributed by atoms with E-state index in [1.165, 1.54) is 18.3 Å². The normalized spacial score (nSPS) is 11.4. The summed E-state index contributed by atoms with van der Waals surface area (Å²) >= 11 is 0. The average molecular weight is 167 g/mol. The van der Waals surface area contributed by atoms with Crippen LogP contribution in [-0.4, -0.2) is 27.5 Å². The Bertz CT molecular complexity index is 343. The van der Waals surface area contributed by atoms with Crippen LogP contribution in [0.2, 0.25) is 0 Å². The van der Waals surface area contributed by atoms with Gasteiger partial charge in [0.1, 0.15) is 7.85 Å². The highest BCUT2D eigenvalue weighted by atomic mass is 32.2. The van der Waals surface area contributed by atoms with E-state index in [0.717, 1.165) is 6.26 Å². The van der Waals surface area contributed by atoms with Crippen molar-refractivity contribution in [3.63, 3.8) is 0 Å². The summed E-state index contributed by atoms with van der Waals surface area (Å²) in [4.78, 5) is 3.83. The summed E-state index contributed by atoms with van der Waals surface area (Å²) < 4.78 is 21.7. The van der Waals surface area contributed by atoms with E-state index in [4.69, 9.17) is 7.85 Å². The van der Waals surface area contributed by atoms with Crippen molar-refractivity contribution in [2.24, 2.45) is 0 Å². The number of aromatic nitrogens is 1. The van der Waals surface area contributed by atoms with Crippen LogP contribution in [0.25, 0.3) is 0 Å². The Morgan fingerprint density at radius 2 is 2.09 bits per heavy atom. The maximum Gasteiger partial charge on any atom is 0.177 e. The first-order chi connectivity index (χ1) is 5.00. The molecule has 0 atom stereocenters. The highest BCUT2D eigenvalue weighted by Crippen LogP contribution is 2.02. The molecule has 0 aliphatic heterocycles. The quantitative estimate of drug-likeness (QED) is 0.518. The predicted molar refractivity (Wildman–Crippen MR) is 42.7 cm³/mol. The molecule has 5 heteroatoms. The summed E-state index contributed by atoms with van der Waals surface area (Å²) in [7, 11) is 2.13. The molecule has 0 aromatic carbocycles. The zero-order valence-corrected chi connectivity index (χ0v) is 6.80. The minimum Gasteiger partial charge on any atom is -0.272 e.